The molecule has 0 radical (unpaired) electrons. The van der Waals surface area contributed by atoms with Gasteiger partial charge in [0.1, 0.15) is 5.82 Å². The van der Waals surface area contributed by atoms with Gasteiger partial charge >= 0.3 is 0 Å². The first-order valence-corrected chi connectivity index (χ1v) is 9.56. The molecular weight excluding hydrogens is 350 g/mol. The van der Waals surface area contributed by atoms with E-state index in [4.69, 9.17) is 0 Å². The Morgan fingerprint density at radius 2 is 2.19 bits per heavy atom. The van der Waals surface area contributed by atoms with Gasteiger partial charge in [0, 0.05) is 6.20 Å². The van der Waals surface area contributed by atoms with Crippen molar-refractivity contribution in [3.63, 3.8) is 0 Å². The predicted octanol–water partition coefficient (Wildman–Crippen LogP) is 2.22. The highest BCUT2D eigenvalue weighted by atomic mass is 32.2. The maximum atomic E-state index is 12.7. The number of fused-ring (bicyclic) bond motifs is 2. The fraction of sp³-hybridized carbons (Fsp3) is 0.235. The second-order valence-electron chi connectivity index (χ2n) is 5.85. The first kappa shape index (κ1) is 16.5. The van der Waals surface area contributed by atoms with Crippen LogP contribution in [-0.2, 0) is 0 Å². The summed E-state index contributed by atoms with van der Waals surface area (Å²) in [6, 6.07) is 11.1. The zero-order valence-electron chi connectivity index (χ0n) is 14.1. The Kier molecular flexibility index (Phi) is 4.53. The Morgan fingerprint density at radius 1 is 1.31 bits per heavy atom. The van der Waals surface area contributed by atoms with E-state index in [-0.39, 0.29) is 11.9 Å². The van der Waals surface area contributed by atoms with Gasteiger partial charge in [-0.3, -0.25) is 4.79 Å². The van der Waals surface area contributed by atoms with Gasteiger partial charge in [-0.15, -0.1) is 5.10 Å². The van der Waals surface area contributed by atoms with Crippen molar-refractivity contribution in [3.8, 4) is 0 Å². The van der Waals surface area contributed by atoms with Crippen LogP contribution in [0.5, 0.6) is 0 Å². The molecule has 0 saturated carbocycles. The first-order chi connectivity index (χ1) is 12.7. The van der Waals surface area contributed by atoms with E-state index in [9.17, 15) is 4.79 Å². The summed E-state index contributed by atoms with van der Waals surface area (Å²) in [5, 5.41) is 14.3. The number of pyridine rings is 1. The summed E-state index contributed by atoms with van der Waals surface area (Å²) in [5.41, 5.74) is 2.94. The molecule has 4 rings (SSSR count). The van der Waals surface area contributed by atoms with Crippen molar-refractivity contribution in [2.45, 2.75) is 12.5 Å². The van der Waals surface area contributed by atoms with Crippen molar-refractivity contribution < 1.29 is 4.79 Å². The number of para-hydroxylation sites is 2. The zero-order valence-corrected chi connectivity index (χ0v) is 14.9. The molecule has 9 heteroatoms. The number of hydrogen-bond acceptors (Lipinski definition) is 6. The minimum atomic E-state index is -0.202. The molecule has 0 saturated heterocycles. The van der Waals surface area contributed by atoms with E-state index in [1.165, 1.54) is 4.52 Å². The number of nitrogens with zero attached hydrogens (tertiary/aromatic N) is 5. The number of aromatic nitrogens is 6. The molecule has 8 nitrogen and oxygen atoms in total. The largest absolute Gasteiger partial charge is 0.342 e. The van der Waals surface area contributed by atoms with E-state index in [0.717, 1.165) is 29.0 Å². The van der Waals surface area contributed by atoms with Gasteiger partial charge in [-0.25, -0.2) is 4.98 Å². The van der Waals surface area contributed by atoms with Crippen molar-refractivity contribution in [2.24, 2.45) is 0 Å². The number of carbonyl (C=O) groups is 1. The van der Waals surface area contributed by atoms with E-state index in [0.29, 0.717) is 11.2 Å². The summed E-state index contributed by atoms with van der Waals surface area (Å²) in [6.45, 7) is 0. The fourth-order valence-corrected chi connectivity index (χ4v) is 3.24. The van der Waals surface area contributed by atoms with Gasteiger partial charge in [0.2, 0.25) is 0 Å². The molecule has 1 atom stereocenters. The van der Waals surface area contributed by atoms with Crippen LogP contribution in [-0.4, -0.2) is 47.9 Å². The maximum Gasteiger partial charge on any atom is 0.253 e. The maximum absolute atomic E-state index is 12.7. The lowest BCUT2D eigenvalue weighted by molar-refractivity contribution is 0.0933. The van der Waals surface area contributed by atoms with Crippen LogP contribution in [0, 0.1) is 0 Å². The third-order valence-corrected chi connectivity index (χ3v) is 4.75. The number of nitrogens with one attached hydrogen (secondary N) is 2. The van der Waals surface area contributed by atoms with Crippen LogP contribution in [0.15, 0.2) is 42.6 Å². The van der Waals surface area contributed by atoms with Gasteiger partial charge in [-0.2, -0.15) is 16.3 Å². The van der Waals surface area contributed by atoms with Crippen LogP contribution in [0.3, 0.4) is 0 Å². The third-order valence-electron chi connectivity index (χ3n) is 4.11. The number of aromatic amines is 1. The predicted molar refractivity (Wildman–Crippen MR) is 100 cm³/mol. The molecule has 4 aromatic rings. The highest BCUT2D eigenvalue weighted by Gasteiger charge is 2.19. The van der Waals surface area contributed by atoms with Gasteiger partial charge in [-0.05, 0) is 53.1 Å². The lowest BCUT2D eigenvalue weighted by atomic mass is 10.2. The molecule has 0 aliphatic carbocycles. The van der Waals surface area contributed by atoms with Crippen molar-refractivity contribution in [2.75, 3.05) is 12.0 Å². The molecule has 1 amide bonds. The lowest BCUT2D eigenvalue weighted by Crippen LogP contribution is -2.30. The van der Waals surface area contributed by atoms with Crippen LogP contribution >= 0.6 is 11.8 Å². The number of tetrazole rings is 1. The molecule has 0 aliphatic rings. The van der Waals surface area contributed by atoms with Crippen molar-refractivity contribution >= 4 is 34.3 Å². The number of thioether (sulfide) groups is 1. The Balaban J connectivity index is 1.60. The van der Waals surface area contributed by atoms with Crippen molar-refractivity contribution in [3.05, 3.63) is 54.0 Å². The summed E-state index contributed by atoms with van der Waals surface area (Å²) < 4.78 is 1.48. The second kappa shape index (κ2) is 7.12. The lowest BCUT2D eigenvalue weighted by Gasteiger charge is -2.16. The number of imidazole rings is 1. The molecule has 1 aromatic carbocycles. The molecule has 1 unspecified atom stereocenters. The highest BCUT2D eigenvalue weighted by molar-refractivity contribution is 7.98. The molecular formula is C17H17N7OS. The van der Waals surface area contributed by atoms with Crippen LogP contribution in [0.4, 0.5) is 0 Å². The van der Waals surface area contributed by atoms with Crippen molar-refractivity contribution in [1.82, 2.24) is 35.3 Å². The van der Waals surface area contributed by atoms with Crippen LogP contribution in [0.25, 0.3) is 16.7 Å². The second-order valence-corrected chi connectivity index (χ2v) is 6.83. The number of hydrogen-bond donors (Lipinski definition) is 2. The Labute approximate surface area is 153 Å². The minimum Gasteiger partial charge on any atom is -0.342 e. The van der Waals surface area contributed by atoms with E-state index < -0.39 is 0 Å². The Morgan fingerprint density at radius 3 is 3.04 bits per heavy atom. The minimum absolute atomic E-state index is 0.186. The zero-order chi connectivity index (χ0) is 17.9. The number of carbonyl (C=O) groups excluding carboxylic acids is 1. The van der Waals surface area contributed by atoms with Gasteiger partial charge in [0.15, 0.2) is 5.65 Å². The molecule has 0 bridgehead atoms. The molecule has 3 heterocycles. The summed E-state index contributed by atoms with van der Waals surface area (Å²) in [4.78, 5) is 20.7. The van der Waals surface area contributed by atoms with Gasteiger partial charge < -0.3 is 10.3 Å². The molecule has 26 heavy (non-hydrogen) atoms. The smallest absolute Gasteiger partial charge is 0.253 e. The van der Waals surface area contributed by atoms with Gasteiger partial charge in [0.25, 0.3) is 5.91 Å². The molecule has 0 fully saturated rings. The van der Waals surface area contributed by atoms with E-state index in [2.05, 4.69) is 30.8 Å². The van der Waals surface area contributed by atoms with Gasteiger partial charge in [-0.1, -0.05) is 12.1 Å². The fourth-order valence-electron chi connectivity index (χ4n) is 2.77. The third kappa shape index (κ3) is 3.25. The van der Waals surface area contributed by atoms with Crippen molar-refractivity contribution in [1.29, 1.82) is 0 Å². The van der Waals surface area contributed by atoms with Crippen LogP contribution < -0.4 is 5.32 Å². The molecule has 132 valence electrons. The number of benzene rings is 1. The number of rotatable bonds is 6. The van der Waals surface area contributed by atoms with Gasteiger partial charge in [0.05, 0.1) is 22.6 Å². The topological polar surface area (TPSA) is 101 Å². The summed E-state index contributed by atoms with van der Waals surface area (Å²) in [6.07, 6.45) is 4.44. The normalized spacial score (nSPS) is 12.5. The number of amides is 1. The molecule has 3 aromatic heterocycles. The standard InChI is InChI=1S/C17H17N7OS/c1-26-9-8-14(16-18-12-4-2-3-5-13(12)19-16)20-17(25)11-6-7-15-21-22-23-24(15)10-11/h2-7,10,14H,8-9H2,1H3,(H,18,19)(H,20,25). The Hall–Kier alpha value is -2.94. The van der Waals surface area contributed by atoms with Crippen LogP contribution in [0.1, 0.15) is 28.6 Å². The SMILES string of the molecule is CSCCC(NC(=O)c1ccc2nnnn2c1)c1nc2ccccc2[nH]1. The van der Waals surface area contributed by atoms with E-state index >= 15 is 0 Å². The van der Waals surface area contributed by atoms with Crippen LogP contribution in [0.2, 0.25) is 0 Å². The number of H-pyrrole nitrogens is 1. The monoisotopic (exact) mass is 367 g/mol. The Bertz CT molecular complexity index is 1020. The summed E-state index contributed by atoms with van der Waals surface area (Å²) in [5.74, 6) is 1.49. The quantitative estimate of drug-likeness (QED) is 0.542. The molecule has 0 aliphatic heterocycles. The average molecular weight is 367 g/mol. The van der Waals surface area contributed by atoms with E-state index in [1.807, 2.05) is 30.5 Å². The highest BCUT2D eigenvalue weighted by Crippen LogP contribution is 2.20. The van der Waals surface area contributed by atoms with E-state index in [1.54, 1.807) is 30.1 Å². The average Bonchev–Trinajstić information content (AvgIpc) is 3.30. The summed E-state index contributed by atoms with van der Waals surface area (Å²) in [7, 11) is 0. The summed E-state index contributed by atoms with van der Waals surface area (Å²) >= 11 is 1.73. The molecule has 0 spiro atoms. The molecule has 2 N–H and O–H groups in total. The first-order valence-electron chi connectivity index (χ1n) is 8.17.